The maximum Gasteiger partial charge on any atom is 0.269 e. The predicted molar refractivity (Wildman–Crippen MR) is 82.0 cm³/mol. The third kappa shape index (κ3) is 3.60. The number of hydrogen-bond acceptors (Lipinski definition) is 4. The number of nitrogens with one attached hydrogen (secondary N) is 1. The Morgan fingerprint density at radius 1 is 1.27 bits per heavy atom. The summed E-state index contributed by atoms with van der Waals surface area (Å²) in [5.41, 5.74) is 2.02. The van der Waals surface area contributed by atoms with Crippen molar-refractivity contribution in [3.05, 3.63) is 69.3 Å². The summed E-state index contributed by atoms with van der Waals surface area (Å²) in [5, 5.41) is 23.0. The van der Waals surface area contributed by atoms with Crippen molar-refractivity contribution in [3.63, 3.8) is 0 Å². The lowest BCUT2D eigenvalue weighted by atomic mass is 10.0. The van der Waals surface area contributed by atoms with Gasteiger partial charge in [0.2, 0.25) is 0 Å². The lowest BCUT2D eigenvalue weighted by Gasteiger charge is -2.08. The van der Waals surface area contributed by atoms with Crippen molar-refractivity contribution in [2.45, 2.75) is 13.3 Å². The van der Waals surface area contributed by atoms with Gasteiger partial charge in [0.05, 0.1) is 10.5 Å². The van der Waals surface area contributed by atoms with Crippen molar-refractivity contribution in [2.75, 3.05) is 6.54 Å². The molecule has 2 aromatic carbocycles. The van der Waals surface area contributed by atoms with Gasteiger partial charge in [-0.25, -0.2) is 0 Å². The first-order valence-corrected chi connectivity index (χ1v) is 6.79. The molecule has 0 aromatic heterocycles. The van der Waals surface area contributed by atoms with Gasteiger partial charge in [-0.05, 0) is 36.6 Å². The summed E-state index contributed by atoms with van der Waals surface area (Å²) in [5.74, 6) is -0.413. The van der Waals surface area contributed by atoms with Crippen LogP contribution in [-0.4, -0.2) is 22.5 Å². The number of aromatic hydroxyl groups is 1. The van der Waals surface area contributed by atoms with Crippen LogP contribution in [0.25, 0.3) is 0 Å². The van der Waals surface area contributed by atoms with E-state index in [2.05, 4.69) is 5.32 Å². The summed E-state index contributed by atoms with van der Waals surface area (Å²) >= 11 is 0. The average Bonchev–Trinajstić information content (AvgIpc) is 2.49. The normalized spacial score (nSPS) is 10.2. The maximum atomic E-state index is 11.9. The van der Waals surface area contributed by atoms with Gasteiger partial charge in [-0.1, -0.05) is 18.2 Å². The third-order valence-electron chi connectivity index (χ3n) is 3.37. The van der Waals surface area contributed by atoms with Crippen molar-refractivity contribution in [1.82, 2.24) is 5.32 Å². The largest absolute Gasteiger partial charge is 0.507 e. The highest BCUT2D eigenvalue weighted by Crippen LogP contribution is 2.18. The number of hydrogen-bond donors (Lipinski definition) is 2. The monoisotopic (exact) mass is 300 g/mol. The second-order valence-corrected chi connectivity index (χ2v) is 4.89. The summed E-state index contributed by atoms with van der Waals surface area (Å²) in [4.78, 5) is 22.2. The van der Waals surface area contributed by atoms with Gasteiger partial charge in [-0.15, -0.1) is 0 Å². The molecule has 6 heteroatoms. The molecule has 0 aliphatic heterocycles. The van der Waals surface area contributed by atoms with Gasteiger partial charge in [-0.2, -0.15) is 0 Å². The molecule has 0 saturated heterocycles. The molecule has 114 valence electrons. The number of para-hydroxylation sites is 1. The second-order valence-electron chi connectivity index (χ2n) is 4.89. The number of nitro benzene ring substituents is 1. The first-order valence-electron chi connectivity index (χ1n) is 6.79. The van der Waals surface area contributed by atoms with E-state index >= 15 is 0 Å². The Hall–Kier alpha value is -2.89. The van der Waals surface area contributed by atoms with E-state index in [0.29, 0.717) is 13.0 Å². The van der Waals surface area contributed by atoms with Gasteiger partial charge < -0.3 is 10.4 Å². The van der Waals surface area contributed by atoms with E-state index in [1.807, 2.05) is 0 Å². The third-order valence-corrected chi connectivity index (χ3v) is 3.37. The Kier molecular flexibility index (Phi) is 4.73. The number of phenolic OH excluding ortho intramolecular Hbond substituents is 1. The number of amides is 1. The first-order chi connectivity index (χ1) is 10.5. The van der Waals surface area contributed by atoms with Crippen molar-refractivity contribution in [1.29, 1.82) is 0 Å². The van der Waals surface area contributed by atoms with Gasteiger partial charge in [-0.3, -0.25) is 14.9 Å². The van der Waals surface area contributed by atoms with Crippen LogP contribution >= 0.6 is 0 Å². The molecule has 0 aliphatic carbocycles. The molecular weight excluding hydrogens is 284 g/mol. The molecule has 1 amide bonds. The molecule has 0 aliphatic rings. The fourth-order valence-corrected chi connectivity index (χ4v) is 2.15. The van der Waals surface area contributed by atoms with Gasteiger partial charge in [0, 0.05) is 18.7 Å². The highest BCUT2D eigenvalue weighted by Gasteiger charge is 2.11. The molecule has 0 radical (unpaired) electrons. The molecule has 6 nitrogen and oxygen atoms in total. The van der Waals surface area contributed by atoms with E-state index < -0.39 is 4.92 Å². The molecule has 0 spiro atoms. The number of rotatable bonds is 5. The topological polar surface area (TPSA) is 92.5 Å². The molecule has 2 N–H and O–H groups in total. The van der Waals surface area contributed by atoms with Gasteiger partial charge in [0.25, 0.3) is 11.6 Å². The number of nitro groups is 1. The minimum atomic E-state index is -0.434. The molecule has 0 saturated carbocycles. The number of nitrogens with zero attached hydrogens (tertiary/aromatic N) is 1. The van der Waals surface area contributed by atoms with Crippen LogP contribution in [0.3, 0.4) is 0 Å². The molecule has 0 heterocycles. The van der Waals surface area contributed by atoms with E-state index in [9.17, 15) is 20.0 Å². The van der Waals surface area contributed by atoms with Crippen molar-refractivity contribution in [3.8, 4) is 5.75 Å². The second kappa shape index (κ2) is 6.71. The zero-order chi connectivity index (χ0) is 16.1. The van der Waals surface area contributed by atoms with Crippen LogP contribution in [0, 0.1) is 17.0 Å². The molecule has 0 bridgehead atoms. The highest BCUT2D eigenvalue weighted by molar-refractivity contribution is 5.96. The molecule has 22 heavy (non-hydrogen) atoms. The maximum absolute atomic E-state index is 11.9. The van der Waals surface area contributed by atoms with Crippen molar-refractivity contribution in [2.24, 2.45) is 0 Å². The SMILES string of the molecule is Cc1cc([N+](=O)[O-])ccc1CCNC(=O)c1ccccc1O. The predicted octanol–water partition coefficient (Wildman–Crippen LogP) is 2.58. The summed E-state index contributed by atoms with van der Waals surface area (Å²) in [6, 6.07) is 11.0. The standard InChI is InChI=1S/C16H16N2O4/c1-11-10-13(18(21)22)7-6-12(11)8-9-17-16(20)14-4-2-3-5-15(14)19/h2-7,10,19H,8-9H2,1H3,(H,17,20). The molecule has 0 atom stereocenters. The first kappa shape index (κ1) is 15.5. The molecular formula is C16H16N2O4. The quantitative estimate of drug-likeness (QED) is 0.655. The molecule has 2 rings (SSSR count). The zero-order valence-electron chi connectivity index (χ0n) is 12.1. The number of non-ortho nitro benzene ring substituents is 1. The van der Waals surface area contributed by atoms with Crippen LogP contribution in [0.4, 0.5) is 5.69 Å². The van der Waals surface area contributed by atoms with Crippen molar-refractivity contribution < 1.29 is 14.8 Å². The van der Waals surface area contributed by atoms with Crippen molar-refractivity contribution >= 4 is 11.6 Å². The van der Waals surface area contributed by atoms with Gasteiger partial charge >= 0.3 is 0 Å². The van der Waals surface area contributed by atoms with Crippen LogP contribution in [0.1, 0.15) is 21.5 Å². The van der Waals surface area contributed by atoms with Gasteiger partial charge in [0.1, 0.15) is 5.75 Å². The lowest BCUT2D eigenvalue weighted by molar-refractivity contribution is -0.384. The summed E-state index contributed by atoms with van der Waals surface area (Å²) in [6.45, 7) is 2.18. The number of benzene rings is 2. The van der Waals surface area contributed by atoms with Crippen LogP contribution in [0.2, 0.25) is 0 Å². The summed E-state index contributed by atoms with van der Waals surface area (Å²) in [7, 11) is 0. The molecule has 0 unspecified atom stereocenters. The Balaban J connectivity index is 1.95. The van der Waals surface area contributed by atoms with Crippen LogP contribution in [-0.2, 0) is 6.42 Å². The number of phenols is 1. The Morgan fingerprint density at radius 3 is 2.64 bits per heavy atom. The number of aryl methyl sites for hydroxylation is 1. The van der Waals surface area contributed by atoms with E-state index in [1.165, 1.54) is 18.2 Å². The summed E-state index contributed by atoms with van der Waals surface area (Å²) < 4.78 is 0. The fraction of sp³-hybridized carbons (Fsp3) is 0.188. The lowest BCUT2D eigenvalue weighted by Crippen LogP contribution is -2.25. The smallest absolute Gasteiger partial charge is 0.269 e. The zero-order valence-corrected chi connectivity index (χ0v) is 12.1. The molecule has 2 aromatic rings. The average molecular weight is 300 g/mol. The Bertz CT molecular complexity index is 713. The molecule has 0 fully saturated rings. The van der Waals surface area contributed by atoms with E-state index in [1.54, 1.807) is 31.2 Å². The summed E-state index contributed by atoms with van der Waals surface area (Å²) in [6.07, 6.45) is 0.559. The highest BCUT2D eigenvalue weighted by atomic mass is 16.6. The minimum absolute atomic E-state index is 0.0551. The van der Waals surface area contributed by atoms with Gasteiger partial charge in [0.15, 0.2) is 0 Å². The fourth-order valence-electron chi connectivity index (χ4n) is 2.15. The number of carbonyl (C=O) groups is 1. The number of carbonyl (C=O) groups excluding carboxylic acids is 1. The Morgan fingerprint density at radius 2 is 2.00 bits per heavy atom. The van der Waals surface area contributed by atoms with E-state index in [-0.39, 0.29) is 22.9 Å². The van der Waals surface area contributed by atoms with Crippen LogP contribution in [0.15, 0.2) is 42.5 Å². The van der Waals surface area contributed by atoms with E-state index in [4.69, 9.17) is 0 Å². The van der Waals surface area contributed by atoms with Crippen LogP contribution < -0.4 is 5.32 Å². The van der Waals surface area contributed by atoms with E-state index in [0.717, 1.165) is 11.1 Å². The minimum Gasteiger partial charge on any atom is -0.507 e. The Labute approximate surface area is 127 Å². The van der Waals surface area contributed by atoms with Crippen LogP contribution in [0.5, 0.6) is 5.75 Å².